The molecule has 0 saturated carbocycles. The van der Waals surface area contributed by atoms with Crippen LogP contribution in [0.25, 0.3) is 0 Å². The topological polar surface area (TPSA) is 15.3 Å². The fourth-order valence-corrected chi connectivity index (χ4v) is 1.01. The summed E-state index contributed by atoms with van der Waals surface area (Å²) in [5.41, 5.74) is 0. The minimum atomic E-state index is 0.823. The molecule has 2 nitrogen and oxygen atoms in total. The minimum Gasteiger partial charge on any atom is -0.316 e. The average Bonchev–Trinajstić information content (AvgIpc) is 2.03. The molecule has 0 amide bonds. The second kappa shape index (κ2) is 7.56. The number of hydrogen-bond donors (Lipinski definition) is 1. The highest BCUT2D eigenvalue weighted by atomic mass is 15.0. The number of nitrogens with one attached hydrogen (secondary N) is 1. The Bertz CT molecular complexity index is 91.8. The SMILES string of the molecule is CC[C@H](C)CNCCCN(C)C. The van der Waals surface area contributed by atoms with E-state index in [1.807, 2.05) is 0 Å². The Hall–Kier alpha value is -0.0800. The second-order valence-electron chi connectivity index (χ2n) is 3.87. The molecule has 0 unspecified atom stereocenters. The van der Waals surface area contributed by atoms with Gasteiger partial charge in [0.1, 0.15) is 0 Å². The lowest BCUT2D eigenvalue weighted by molar-refractivity contribution is 0.389. The summed E-state index contributed by atoms with van der Waals surface area (Å²) in [5, 5.41) is 3.46. The Morgan fingerprint density at radius 2 is 2.00 bits per heavy atom. The standard InChI is InChI=1S/C10H24N2/c1-5-10(2)9-11-7-6-8-12(3)4/h10-11H,5-9H2,1-4H3/t10-/m0/s1. The highest BCUT2D eigenvalue weighted by molar-refractivity contribution is 4.55. The van der Waals surface area contributed by atoms with Crippen LogP contribution in [-0.4, -0.2) is 38.6 Å². The highest BCUT2D eigenvalue weighted by Gasteiger charge is 1.96. The fraction of sp³-hybridized carbons (Fsp3) is 1.00. The summed E-state index contributed by atoms with van der Waals surface area (Å²) < 4.78 is 0. The zero-order chi connectivity index (χ0) is 9.40. The summed E-state index contributed by atoms with van der Waals surface area (Å²) in [7, 11) is 4.24. The van der Waals surface area contributed by atoms with Crippen molar-refractivity contribution in [1.82, 2.24) is 10.2 Å². The second-order valence-corrected chi connectivity index (χ2v) is 3.87. The van der Waals surface area contributed by atoms with E-state index < -0.39 is 0 Å². The molecule has 2 heteroatoms. The van der Waals surface area contributed by atoms with Crippen molar-refractivity contribution in [1.29, 1.82) is 0 Å². The van der Waals surface area contributed by atoms with Gasteiger partial charge >= 0.3 is 0 Å². The molecule has 0 aromatic carbocycles. The molecule has 0 fully saturated rings. The number of nitrogens with zero attached hydrogens (tertiary/aromatic N) is 1. The summed E-state index contributed by atoms with van der Waals surface area (Å²) >= 11 is 0. The van der Waals surface area contributed by atoms with Crippen molar-refractivity contribution in [2.45, 2.75) is 26.7 Å². The molecule has 0 heterocycles. The lowest BCUT2D eigenvalue weighted by Gasteiger charge is -2.12. The van der Waals surface area contributed by atoms with Crippen LogP contribution in [0.15, 0.2) is 0 Å². The first kappa shape index (κ1) is 11.9. The summed E-state index contributed by atoms with van der Waals surface area (Å²) in [4.78, 5) is 2.23. The first-order chi connectivity index (χ1) is 5.66. The summed E-state index contributed by atoms with van der Waals surface area (Å²) in [6.45, 7) is 8.05. The molecular weight excluding hydrogens is 148 g/mol. The third-order valence-electron chi connectivity index (χ3n) is 2.15. The maximum atomic E-state index is 3.46. The highest BCUT2D eigenvalue weighted by Crippen LogP contribution is 1.96. The third kappa shape index (κ3) is 8.02. The normalized spacial score (nSPS) is 13.8. The third-order valence-corrected chi connectivity index (χ3v) is 2.15. The van der Waals surface area contributed by atoms with Crippen LogP contribution in [0.5, 0.6) is 0 Å². The Morgan fingerprint density at radius 3 is 2.50 bits per heavy atom. The Labute approximate surface area is 77.3 Å². The predicted octanol–water partition coefficient (Wildman–Crippen LogP) is 1.57. The minimum absolute atomic E-state index is 0.823. The van der Waals surface area contributed by atoms with Gasteiger partial charge in [0.15, 0.2) is 0 Å². The maximum absolute atomic E-state index is 3.46. The van der Waals surface area contributed by atoms with Crippen molar-refractivity contribution in [2.75, 3.05) is 33.7 Å². The predicted molar refractivity (Wildman–Crippen MR) is 55.5 cm³/mol. The molecule has 0 aromatic rings. The van der Waals surface area contributed by atoms with Gasteiger partial charge in [-0.15, -0.1) is 0 Å². The van der Waals surface area contributed by atoms with Gasteiger partial charge in [-0.05, 0) is 46.1 Å². The monoisotopic (exact) mass is 172 g/mol. The summed E-state index contributed by atoms with van der Waals surface area (Å²) in [6.07, 6.45) is 2.53. The smallest absolute Gasteiger partial charge is 0.00127 e. The molecule has 12 heavy (non-hydrogen) atoms. The summed E-state index contributed by atoms with van der Waals surface area (Å²) in [5.74, 6) is 0.823. The Balaban J connectivity index is 3.00. The largest absolute Gasteiger partial charge is 0.316 e. The van der Waals surface area contributed by atoms with Crippen LogP contribution in [0.3, 0.4) is 0 Å². The van der Waals surface area contributed by atoms with E-state index in [1.54, 1.807) is 0 Å². The van der Waals surface area contributed by atoms with E-state index in [1.165, 1.54) is 25.9 Å². The van der Waals surface area contributed by atoms with Crippen LogP contribution >= 0.6 is 0 Å². The van der Waals surface area contributed by atoms with Crippen LogP contribution in [0.4, 0.5) is 0 Å². The first-order valence-corrected chi connectivity index (χ1v) is 5.02. The lowest BCUT2D eigenvalue weighted by atomic mass is 10.1. The van der Waals surface area contributed by atoms with E-state index in [-0.39, 0.29) is 0 Å². The molecule has 0 bridgehead atoms. The van der Waals surface area contributed by atoms with Gasteiger partial charge in [-0.3, -0.25) is 0 Å². The van der Waals surface area contributed by atoms with E-state index in [0.29, 0.717) is 0 Å². The van der Waals surface area contributed by atoms with Crippen LogP contribution in [0.1, 0.15) is 26.7 Å². The van der Waals surface area contributed by atoms with Gasteiger partial charge in [0.2, 0.25) is 0 Å². The molecule has 0 rings (SSSR count). The van der Waals surface area contributed by atoms with Crippen LogP contribution in [0.2, 0.25) is 0 Å². The van der Waals surface area contributed by atoms with Crippen molar-refractivity contribution in [3.63, 3.8) is 0 Å². The van der Waals surface area contributed by atoms with Crippen molar-refractivity contribution in [2.24, 2.45) is 5.92 Å². The molecule has 0 aliphatic carbocycles. The zero-order valence-corrected chi connectivity index (χ0v) is 9.06. The molecule has 0 spiro atoms. The van der Waals surface area contributed by atoms with Crippen molar-refractivity contribution in [3.8, 4) is 0 Å². The van der Waals surface area contributed by atoms with E-state index in [9.17, 15) is 0 Å². The van der Waals surface area contributed by atoms with Gasteiger partial charge in [-0.1, -0.05) is 20.3 Å². The average molecular weight is 172 g/mol. The summed E-state index contributed by atoms with van der Waals surface area (Å²) in [6, 6.07) is 0. The molecule has 74 valence electrons. The molecular formula is C10H24N2. The molecule has 0 saturated heterocycles. The van der Waals surface area contributed by atoms with Crippen LogP contribution in [0, 0.1) is 5.92 Å². The van der Waals surface area contributed by atoms with Gasteiger partial charge in [-0.2, -0.15) is 0 Å². The number of hydrogen-bond acceptors (Lipinski definition) is 2. The lowest BCUT2D eigenvalue weighted by Crippen LogP contribution is -2.25. The van der Waals surface area contributed by atoms with Gasteiger partial charge < -0.3 is 10.2 Å². The molecule has 1 atom stereocenters. The van der Waals surface area contributed by atoms with Crippen molar-refractivity contribution in [3.05, 3.63) is 0 Å². The van der Waals surface area contributed by atoms with Crippen LogP contribution < -0.4 is 5.32 Å². The molecule has 0 aromatic heterocycles. The Morgan fingerprint density at radius 1 is 1.33 bits per heavy atom. The molecule has 0 aliphatic heterocycles. The maximum Gasteiger partial charge on any atom is -0.00127 e. The van der Waals surface area contributed by atoms with Crippen molar-refractivity contribution >= 4 is 0 Å². The van der Waals surface area contributed by atoms with Gasteiger partial charge in [0, 0.05) is 0 Å². The van der Waals surface area contributed by atoms with E-state index in [0.717, 1.165) is 12.5 Å². The fourth-order valence-electron chi connectivity index (χ4n) is 1.01. The quantitative estimate of drug-likeness (QED) is 0.586. The van der Waals surface area contributed by atoms with Gasteiger partial charge in [0.25, 0.3) is 0 Å². The number of rotatable bonds is 7. The van der Waals surface area contributed by atoms with E-state index in [4.69, 9.17) is 0 Å². The van der Waals surface area contributed by atoms with Crippen LogP contribution in [-0.2, 0) is 0 Å². The molecule has 0 aliphatic rings. The van der Waals surface area contributed by atoms with E-state index >= 15 is 0 Å². The van der Waals surface area contributed by atoms with Crippen molar-refractivity contribution < 1.29 is 0 Å². The molecule has 1 N–H and O–H groups in total. The molecule has 0 radical (unpaired) electrons. The zero-order valence-electron chi connectivity index (χ0n) is 9.06. The van der Waals surface area contributed by atoms with E-state index in [2.05, 4.69) is 38.2 Å². The van der Waals surface area contributed by atoms with Gasteiger partial charge in [-0.25, -0.2) is 0 Å². The first-order valence-electron chi connectivity index (χ1n) is 5.02. The Kier molecular flexibility index (Phi) is 7.51. The van der Waals surface area contributed by atoms with Gasteiger partial charge in [0.05, 0.1) is 0 Å².